The van der Waals surface area contributed by atoms with Crippen LogP contribution in [-0.2, 0) is 16.0 Å². The SMILES string of the molecule is CNC(=O)Cc1cccc(N2CC(Br)CC2=O)c1. The van der Waals surface area contributed by atoms with Gasteiger partial charge in [0.1, 0.15) is 0 Å². The Morgan fingerprint density at radius 3 is 2.94 bits per heavy atom. The van der Waals surface area contributed by atoms with Gasteiger partial charge >= 0.3 is 0 Å². The molecule has 0 bridgehead atoms. The molecule has 0 saturated carbocycles. The van der Waals surface area contributed by atoms with E-state index in [4.69, 9.17) is 0 Å². The normalized spacial score (nSPS) is 19.1. The van der Waals surface area contributed by atoms with E-state index in [-0.39, 0.29) is 16.6 Å². The Balaban J connectivity index is 2.17. The van der Waals surface area contributed by atoms with Gasteiger partial charge in [0.25, 0.3) is 0 Å². The highest BCUT2D eigenvalue weighted by Gasteiger charge is 2.28. The maximum atomic E-state index is 11.8. The van der Waals surface area contributed by atoms with Crippen LogP contribution in [0.1, 0.15) is 12.0 Å². The molecule has 1 N–H and O–H groups in total. The second kappa shape index (κ2) is 5.52. The zero-order valence-corrected chi connectivity index (χ0v) is 11.7. The molecule has 0 spiro atoms. The minimum absolute atomic E-state index is 0.0294. The molecule has 4 nitrogen and oxygen atoms in total. The first kappa shape index (κ1) is 13.1. The molecule has 1 aliphatic rings. The molecule has 1 aromatic rings. The van der Waals surface area contributed by atoms with E-state index in [1.54, 1.807) is 11.9 Å². The molecule has 0 aromatic heterocycles. The Morgan fingerprint density at radius 2 is 2.33 bits per heavy atom. The molecule has 96 valence electrons. The second-order valence-electron chi connectivity index (χ2n) is 4.33. The Morgan fingerprint density at radius 1 is 1.56 bits per heavy atom. The average molecular weight is 311 g/mol. The molecule has 0 aliphatic carbocycles. The summed E-state index contributed by atoms with van der Waals surface area (Å²) in [6.07, 6.45) is 0.865. The van der Waals surface area contributed by atoms with Gasteiger partial charge in [0.2, 0.25) is 11.8 Å². The number of anilines is 1. The van der Waals surface area contributed by atoms with E-state index in [9.17, 15) is 9.59 Å². The minimum Gasteiger partial charge on any atom is -0.359 e. The highest BCUT2D eigenvalue weighted by atomic mass is 79.9. The number of likely N-dealkylation sites (N-methyl/N-ethyl adjacent to an activating group) is 1. The molecule has 1 aliphatic heterocycles. The van der Waals surface area contributed by atoms with Crippen molar-refractivity contribution in [1.82, 2.24) is 5.32 Å². The Kier molecular flexibility index (Phi) is 4.01. The van der Waals surface area contributed by atoms with E-state index in [1.165, 1.54) is 0 Å². The van der Waals surface area contributed by atoms with Crippen LogP contribution in [0.5, 0.6) is 0 Å². The van der Waals surface area contributed by atoms with Crippen molar-refractivity contribution in [3.8, 4) is 0 Å². The molecule has 18 heavy (non-hydrogen) atoms. The molecule has 1 saturated heterocycles. The lowest BCUT2D eigenvalue weighted by atomic mass is 10.1. The predicted molar refractivity (Wildman–Crippen MR) is 73.9 cm³/mol. The van der Waals surface area contributed by atoms with Crippen LogP contribution < -0.4 is 10.2 Å². The fourth-order valence-corrected chi connectivity index (χ4v) is 2.59. The molecule has 1 heterocycles. The van der Waals surface area contributed by atoms with Crippen LogP contribution in [0.2, 0.25) is 0 Å². The third-order valence-corrected chi connectivity index (χ3v) is 3.56. The van der Waals surface area contributed by atoms with Gasteiger partial charge in [0, 0.05) is 30.5 Å². The van der Waals surface area contributed by atoms with Crippen molar-refractivity contribution < 1.29 is 9.59 Å². The predicted octanol–water partition coefficient (Wildman–Crippen LogP) is 1.48. The summed E-state index contributed by atoms with van der Waals surface area (Å²) in [6.45, 7) is 0.683. The second-order valence-corrected chi connectivity index (χ2v) is 5.62. The minimum atomic E-state index is -0.0294. The first-order valence-corrected chi connectivity index (χ1v) is 6.75. The zero-order chi connectivity index (χ0) is 13.1. The molecule has 2 amide bonds. The number of hydrogen-bond acceptors (Lipinski definition) is 2. The van der Waals surface area contributed by atoms with Gasteiger partial charge in [-0.25, -0.2) is 0 Å². The Hall–Kier alpha value is -1.36. The van der Waals surface area contributed by atoms with E-state index >= 15 is 0 Å². The van der Waals surface area contributed by atoms with Gasteiger partial charge in [-0.05, 0) is 17.7 Å². The van der Waals surface area contributed by atoms with Crippen LogP contribution in [0.4, 0.5) is 5.69 Å². The molecule has 1 aromatic carbocycles. The van der Waals surface area contributed by atoms with Crippen molar-refractivity contribution in [2.45, 2.75) is 17.7 Å². The van der Waals surface area contributed by atoms with Crippen molar-refractivity contribution in [2.75, 3.05) is 18.5 Å². The van der Waals surface area contributed by atoms with Crippen molar-refractivity contribution in [2.24, 2.45) is 0 Å². The van der Waals surface area contributed by atoms with Crippen molar-refractivity contribution in [3.63, 3.8) is 0 Å². The summed E-state index contributed by atoms with van der Waals surface area (Å²) < 4.78 is 0. The number of carbonyl (C=O) groups excluding carboxylic acids is 2. The van der Waals surface area contributed by atoms with Gasteiger partial charge in [0.05, 0.1) is 6.42 Å². The van der Waals surface area contributed by atoms with Crippen LogP contribution >= 0.6 is 15.9 Å². The van der Waals surface area contributed by atoms with Crippen molar-refractivity contribution >= 4 is 33.4 Å². The molecular weight excluding hydrogens is 296 g/mol. The van der Waals surface area contributed by atoms with Crippen LogP contribution in [0.15, 0.2) is 24.3 Å². The summed E-state index contributed by atoms with van der Waals surface area (Å²) in [7, 11) is 1.62. The van der Waals surface area contributed by atoms with Crippen LogP contribution in [0.3, 0.4) is 0 Å². The molecule has 5 heteroatoms. The highest BCUT2D eigenvalue weighted by molar-refractivity contribution is 9.09. The Labute approximate surface area is 114 Å². The molecule has 1 unspecified atom stereocenters. The van der Waals surface area contributed by atoms with Crippen molar-refractivity contribution in [1.29, 1.82) is 0 Å². The first-order valence-electron chi connectivity index (χ1n) is 5.84. The maximum Gasteiger partial charge on any atom is 0.228 e. The average Bonchev–Trinajstić information content (AvgIpc) is 2.68. The Bertz CT molecular complexity index is 476. The molecule has 1 atom stereocenters. The van der Waals surface area contributed by atoms with Gasteiger partial charge in [-0.15, -0.1) is 0 Å². The number of amides is 2. The van der Waals surface area contributed by atoms with E-state index in [0.717, 1.165) is 11.3 Å². The number of halogens is 1. The van der Waals surface area contributed by atoms with Crippen LogP contribution in [0, 0.1) is 0 Å². The lowest BCUT2D eigenvalue weighted by Crippen LogP contribution is -2.25. The van der Waals surface area contributed by atoms with E-state index < -0.39 is 0 Å². The molecule has 0 radical (unpaired) electrons. The number of benzene rings is 1. The standard InChI is InChI=1S/C13H15BrN2O2/c1-15-12(17)6-9-3-2-4-11(5-9)16-8-10(14)7-13(16)18/h2-5,10H,6-8H2,1H3,(H,15,17). The van der Waals surface area contributed by atoms with Crippen LogP contribution in [0.25, 0.3) is 0 Å². The van der Waals surface area contributed by atoms with E-state index in [0.29, 0.717) is 19.4 Å². The van der Waals surface area contributed by atoms with Gasteiger partial charge in [-0.3, -0.25) is 9.59 Å². The quantitative estimate of drug-likeness (QED) is 0.860. The summed E-state index contributed by atoms with van der Waals surface area (Å²) in [5.41, 5.74) is 1.78. The summed E-state index contributed by atoms with van der Waals surface area (Å²) in [5, 5.41) is 2.59. The summed E-state index contributed by atoms with van der Waals surface area (Å²) in [4.78, 5) is 25.1. The highest BCUT2D eigenvalue weighted by Crippen LogP contribution is 2.25. The first-order chi connectivity index (χ1) is 8.60. The van der Waals surface area contributed by atoms with Crippen LogP contribution in [-0.4, -0.2) is 30.2 Å². The largest absolute Gasteiger partial charge is 0.359 e. The zero-order valence-electron chi connectivity index (χ0n) is 10.1. The summed E-state index contributed by atoms with van der Waals surface area (Å²) in [5.74, 6) is 0.0900. The molecule has 1 fully saturated rings. The number of rotatable bonds is 3. The smallest absolute Gasteiger partial charge is 0.228 e. The monoisotopic (exact) mass is 310 g/mol. The number of nitrogens with zero attached hydrogens (tertiary/aromatic N) is 1. The van der Waals surface area contributed by atoms with E-state index in [1.807, 2.05) is 24.3 Å². The topological polar surface area (TPSA) is 49.4 Å². The lowest BCUT2D eigenvalue weighted by Gasteiger charge is -2.16. The van der Waals surface area contributed by atoms with E-state index in [2.05, 4.69) is 21.2 Å². The molecule has 2 rings (SSSR count). The number of carbonyl (C=O) groups is 2. The van der Waals surface area contributed by atoms with Gasteiger partial charge < -0.3 is 10.2 Å². The number of nitrogens with one attached hydrogen (secondary N) is 1. The third-order valence-electron chi connectivity index (χ3n) is 2.94. The fraction of sp³-hybridized carbons (Fsp3) is 0.385. The number of hydrogen-bond donors (Lipinski definition) is 1. The lowest BCUT2D eigenvalue weighted by molar-refractivity contribution is -0.120. The van der Waals surface area contributed by atoms with Gasteiger partial charge in [0.15, 0.2) is 0 Å². The van der Waals surface area contributed by atoms with Gasteiger partial charge in [-0.1, -0.05) is 28.1 Å². The third kappa shape index (κ3) is 2.90. The molecular formula is C13H15BrN2O2. The maximum absolute atomic E-state index is 11.8. The fourth-order valence-electron chi connectivity index (χ4n) is 2.02. The van der Waals surface area contributed by atoms with Gasteiger partial charge in [-0.2, -0.15) is 0 Å². The summed E-state index contributed by atoms with van der Waals surface area (Å²) >= 11 is 3.46. The number of alkyl halides is 1. The summed E-state index contributed by atoms with van der Waals surface area (Å²) in [6, 6.07) is 7.57. The van der Waals surface area contributed by atoms with Crippen molar-refractivity contribution in [3.05, 3.63) is 29.8 Å².